The number of primary sulfonamides is 1. The Hall–Kier alpha value is -0.870. The second kappa shape index (κ2) is 2.64. The van der Waals surface area contributed by atoms with Gasteiger partial charge in [-0.2, -0.15) is 0 Å². The van der Waals surface area contributed by atoms with Crippen molar-refractivity contribution < 1.29 is 18.0 Å². The molecular formula is C7H9NO2S. The van der Waals surface area contributed by atoms with Gasteiger partial charge in [-0.15, -0.1) is 0 Å². The Morgan fingerprint density at radius 2 is 2.18 bits per heavy atom. The molecule has 0 radical (unpaired) electrons. The lowest BCUT2D eigenvalue weighted by Gasteiger charge is -2.00. The zero-order valence-electron chi connectivity index (χ0n) is 12.3. The van der Waals surface area contributed by atoms with Gasteiger partial charge in [0.05, 0.1) is 10.4 Å². The van der Waals surface area contributed by atoms with Gasteiger partial charge in [-0.1, -0.05) is 18.1 Å². The predicted molar refractivity (Wildman–Crippen MR) is 42.6 cm³/mol. The molecule has 0 saturated carbocycles. The summed E-state index contributed by atoms with van der Waals surface area (Å²) in [6.07, 6.45) is 0. The summed E-state index contributed by atoms with van der Waals surface area (Å²) < 4.78 is 73.6. The summed E-state index contributed by atoms with van der Waals surface area (Å²) in [5, 5.41) is 4.82. The second-order valence-electron chi connectivity index (χ2n) is 1.75. The van der Waals surface area contributed by atoms with Gasteiger partial charge in [-0.3, -0.25) is 0 Å². The van der Waals surface area contributed by atoms with Crippen LogP contribution < -0.4 is 5.14 Å². The first-order valence-corrected chi connectivity index (χ1v) is 4.07. The molecule has 0 atom stereocenters. The molecule has 0 fully saturated rings. The maximum Gasteiger partial charge on any atom is 0.238 e. The van der Waals surface area contributed by atoms with E-state index in [2.05, 4.69) is 0 Å². The van der Waals surface area contributed by atoms with Crippen LogP contribution >= 0.6 is 0 Å². The SMILES string of the molecule is [2H]c1c([2H])c([2H])c(S(N)(=O)=O)c(C([2H])([2H])[2H])c1[2H]. The van der Waals surface area contributed by atoms with E-state index < -0.39 is 51.5 Å². The van der Waals surface area contributed by atoms with Crippen LogP contribution in [-0.4, -0.2) is 8.42 Å². The van der Waals surface area contributed by atoms with E-state index in [0.717, 1.165) is 0 Å². The summed E-state index contributed by atoms with van der Waals surface area (Å²) in [5.41, 5.74) is -0.990. The Labute approximate surface area is 75.7 Å². The van der Waals surface area contributed by atoms with E-state index in [0.29, 0.717) is 0 Å². The molecule has 4 heteroatoms. The molecule has 0 amide bonds. The van der Waals surface area contributed by atoms with E-state index >= 15 is 0 Å². The topological polar surface area (TPSA) is 60.2 Å². The fourth-order valence-corrected chi connectivity index (χ4v) is 1.04. The van der Waals surface area contributed by atoms with Crippen molar-refractivity contribution in [1.82, 2.24) is 0 Å². The van der Waals surface area contributed by atoms with Crippen LogP contribution in [0.5, 0.6) is 0 Å². The van der Waals surface area contributed by atoms with Crippen molar-refractivity contribution in [3.05, 3.63) is 29.7 Å². The molecule has 11 heavy (non-hydrogen) atoms. The molecule has 0 saturated heterocycles. The molecular weight excluding hydrogens is 162 g/mol. The maximum absolute atomic E-state index is 11.3. The van der Waals surface area contributed by atoms with E-state index in [4.69, 9.17) is 14.7 Å². The first kappa shape index (κ1) is 2.88. The fraction of sp³-hybridized carbons (Fsp3) is 0.143. The van der Waals surface area contributed by atoms with Crippen molar-refractivity contribution in [2.24, 2.45) is 5.14 Å². The van der Waals surface area contributed by atoms with Gasteiger partial charge in [0.2, 0.25) is 10.0 Å². The molecule has 0 aliphatic heterocycles. The van der Waals surface area contributed by atoms with Crippen LogP contribution in [0, 0.1) is 6.85 Å². The van der Waals surface area contributed by atoms with E-state index in [1.807, 2.05) is 0 Å². The molecule has 3 nitrogen and oxygen atoms in total. The number of hydrogen-bond acceptors (Lipinski definition) is 2. The number of hydrogen-bond donors (Lipinski definition) is 1. The van der Waals surface area contributed by atoms with Gasteiger partial charge >= 0.3 is 0 Å². The fourth-order valence-electron chi connectivity index (χ4n) is 0.514. The molecule has 0 unspecified atom stereocenters. The minimum atomic E-state index is -4.58. The quantitative estimate of drug-likeness (QED) is 0.686. The Balaban J connectivity index is 4.02. The Morgan fingerprint density at radius 3 is 2.73 bits per heavy atom. The van der Waals surface area contributed by atoms with Crippen molar-refractivity contribution in [2.75, 3.05) is 0 Å². The Kier molecular flexibility index (Phi) is 0.690. The Morgan fingerprint density at radius 1 is 1.55 bits per heavy atom. The molecule has 1 rings (SSSR count). The zero-order chi connectivity index (χ0) is 14.5. The molecule has 60 valence electrons. The molecule has 1 aromatic rings. The maximum atomic E-state index is 11.3. The third-order valence-electron chi connectivity index (χ3n) is 0.938. The minimum Gasteiger partial charge on any atom is -0.225 e. The van der Waals surface area contributed by atoms with Gasteiger partial charge in [-0.25, -0.2) is 13.6 Å². The summed E-state index contributed by atoms with van der Waals surface area (Å²) >= 11 is 0. The van der Waals surface area contributed by atoms with Gasteiger partial charge < -0.3 is 0 Å². The van der Waals surface area contributed by atoms with Crippen LogP contribution in [0.15, 0.2) is 29.1 Å². The highest BCUT2D eigenvalue weighted by Gasteiger charge is 2.08. The number of nitrogens with two attached hydrogens (primary N) is 1. The average molecular weight is 178 g/mol. The highest BCUT2D eigenvalue weighted by molar-refractivity contribution is 7.89. The van der Waals surface area contributed by atoms with E-state index in [-0.39, 0.29) is 0 Å². The number of rotatable bonds is 1. The summed E-state index contributed by atoms with van der Waals surface area (Å²) in [5.74, 6) is 0. The summed E-state index contributed by atoms with van der Waals surface area (Å²) in [4.78, 5) is -1.09. The minimum absolute atomic E-state index is 0.821. The van der Waals surface area contributed by atoms with Crippen molar-refractivity contribution in [3.8, 4) is 0 Å². The monoisotopic (exact) mass is 178 g/mol. The first-order valence-electron chi connectivity index (χ1n) is 6.02. The summed E-state index contributed by atoms with van der Waals surface area (Å²) in [7, 11) is -4.58. The highest BCUT2D eigenvalue weighted by atomic mass is 32.2. The van der Waals surface area contributed by atoms with Crippen LogP contribution in [0.1, 0.15) is 15.2 Å². The smallest absolute Gasteiger partial charge is 0.225 e. The van der Waals surface area contributed by atoms with Crippen LogP contribution in [0.4, 0.5) is 0 Å². The molecule has 2 N–H and O–H groups in total. The summed E-state index contributed by atoms with van der Waals surface area (Å²) in [6.45, 7) is -3.02. The van der Waals surface area contributed by atoms with Gasteiger partial charge in [0.15, 0.2) is 0 Å². The van der Waals surface area contributed by atoms with Crippen LogP contribution in [0.3, 0.4) is 0 Å². The van der Waals surface area contributed by atoms with Crippen molar-refractivity contribution in [1.29, 1.82) is 0 Å². The molecule has 0 heterocycles. The van der Waals surface area contributed by atoms with E-state index in [1.165, 1.54) is 0 Å². The van der Waals surface area contributed by atoms with E-state index in [1.54, 1.807) is 0 Å². The third kappa shape index (κ3) is 1.78. The predicted octanol–water partition coefficient (Wildman–Crippen LogP) is 0.642. The molecule has 0 aliphatic rings. The van der Waals surface area contributed by atoms with Gasteiger partial charge in [0.25, 0.3) is 0 Å². The van der Waals surface area contributed by atoms with Gasteiger partial charge in [0, 0.05) is 4.11 Å². The lowest BCUT2D eigenvalue weighted by Crippen LogP contribution is -2.13. The summed E-state index contributed by atoms with van der Waals surface area (Å²) in [6, 6.07) is -3.58. The second-order valence-corrected chi connectivity index (χ2v) is 3.25. The van der Waals surface area contributed by atoms with Gasteiger partial charge in [-0.05, 0) is 18.5 Å². The zero-order valence-corrected chi connectivity index (χ0v) is 6.12. The molecule has 0 aliphatic carbocycles. The average Bonchev–Trinajstić information content (AvgIpc) is 2.16. The standard InChI is InChI=1S/C7H9NO2S/c1-6-4-2-3-5-7(6)11(8,9)10/h2-5H,1H3,(H2,8,9,10)/i1D3,2D,3D,4D,5D. The molecule has 0 aromatic heterocycles. The lowest BCUT2D eigenvalue weighted by molar-refractivity contribution is 0.597. The highest BCUT2D eigenvalue weighted by Crippen LogP contribution is 2.10. The van der Waals surface area contributed by atoms with Crippen LogP contribution in [0.25, 0.3) is 0 Å². The molecule has 0 bridgehead atoms. The first-order chi connectivity index (χ1) is 7.89. The van der Waals surface area contributed by atoms with Crippen molar-refractivity contribution >= 4 is 10.0 Å². The van der Waals surface area contributed by atoms with Gasteiger partial charge in [0.1, 0.15) is 0 Å². The molecule has 1 aromatic carbocycles. The number of benzene rings is 1. The normalized spacial score (nSPS) is 21.7. The number of sulfonamides is 1. The van der Waals surface area contributed by atoms with Crippen LogP contribution in [-0.2, 0) is 10.0 Å². The van der Waals surface area contributed by atoms with E-state index in [9.17, 15) is 8.42 Å². The molecule has 0 spiro atoms. The van der Waals surface area contributed by atoms with Crippen molar-refractivity contribution in [2.45, 2.75) is 11.7 Å². The third-order valence-corrected chi connectivity index (χ3v) is 1.81. The van der Waals surface area contributed by atoms with Crippen LogP contribution in [0.2, 0.25) is 0 Å². The Bertz CT molecular complexity index is 607. The largest absolute Gasteiger partial charge is 0.238 e. The van der Waals surface area contributed by atoms with Crippen molar-refractivity contribution in [3.63, 3.8) is 0 Å². The lowest BCUT2D eigenvalue weighted by atomic mass is 10.2.